The number of nitrogens with zero attached hydrogens (tertiary/aromatic N) is 2. The molecular weight excluding hydrogens is 224 g/mol. The van der Waals surface area contributed by atoms with Crippen LogP contribution in [0.1, 0.15) is 6.42 Å². The lowest BCUT2D eigenvalue weighted by atomic mass is 10.1. The lowest BCUT2D eigenvalue weighted by Gasteiger charge is -2.10. The molecule has 0 bridgehead atoms. The highest BCUT2D eigenvalue weighted by atomic mass is 35.5. The highest BCUT2D eigenvalue weighted by molar-refractivity contribution is 6.34. The van der Waals surface area contributed by atoms with Crippen LogP contribution in [0.5, 0.6) is 0 Å². The van der Waals surface area contributed by atoms with E-state index >= 15 is 0 Å². The highest BCUT2D eigenvalue weighted by Crippen LogP contribution is 2.24. The van der Waals surface area contributed by atoms with Crippen LogP contribution in [0.3, 0.4) is 0 Å². The Hall–Kier alpha value is -1.06. The van der Waals surface area contributed by atoms with Crippen molar-refractivity contribution >= 4 is 22.5 Å². The Morgan fingerprint density at radius 2 is 2.44 bits per heavy atom. The van der Waals surface area contributed by atoms with Crippen molar-refractivity contribution < 1.29 is 4.74 Å². The molecule has 1 aliphatic rings. The third-order valence-corrected chi connectivity index (χ3v) is 3.43. The fourth-order valence-electron chi connectivity index (χ4n) is 2.25. The summed E-state index contributed by atoms with van der Waals surface area (Å²) in [5.41, 5.74) is 1.16. The zero-order chi connectivity index (χ0) is 11.0. The second-order valence-electron chi connectivity index (χ2n) is 4.23. The van der Waals surface area contributed by atoms with Crippen LogP contribution < -0.4 is 0 Å². The molecule has 1 saturated heterocycles. The van der Waals surface area contributed by atoms with Crippen molar-refractivity contribution in [3.8, 4) is 0 Å². The van der Waals surface area contributed by atoms with Gasteiger partial charge < -0.3 is 9.30 Å². The molecule has 3 nitrogen and oxygen atoms in total. The van der Waals surface area contributed by atoms with E-state index in [0.29, 0.717) is 11.1 Å². The molecule has 2 aromatic rings. The number of halogens is 1. The van der Waals surface area contributed by atoms with E-state index in [9.17, 15) is 0 Å². The molecule has 0 aromatic carbocycles. The Morgan fingerprint density at radius 3 is 3.25 bits per heavy atom. The van der Waals surface area contributed by atoms with E-state index in [1.807, 2.05) is 12.1 Å². The molecular formula is C12H13ClN2O. The van der Waals surface area contributed by atoms with Crippen molar-refractivity contribution in [3.05, 3.63) is 29.7 Å². The first-order valence-electron chi connectivity index (χ1n) is 5.51. The van der Waals surface area contributed by atoms with E-state index in [0.717, 1.165) is 37.1 Å². The van der Waals surface area contributed by atoms with Crippen LogP contribution in [0.2, 0.25) is 5.15 Å². The van der Waals surface area contributed by atoms with Crippen molar-refractivity contribution in [1.82, 2.24) is 9.55 Å². The number of ether oxygens (including phenoxy) is 1. The fraction of sp³-hybridized carbons (Fsp3) is 0.417. The molecule has 1 aliphatic heterocycles. The molecule has 0 saturated carbocycles. The molecule has 4 heteroatoms. The molecule has 84 valence electrons. The quantitative estimate of drug-likeness (QED) is 0.750. The minimum absolute atomic E-state index is 0.582. The van der Waals surface area contributed by atoms with Crippen LogP contribution in [-0.2, 0) is 11.3 Å². The van der Waals surface area contributed by atoms with Gasteiger partial charge in [-0.3, -0.25) is 0 Å². The van der Waals surface area contributed by atoms with Crippen molar-refractivity contribution in [2.24, 2.45) is 5.92 Å². The maximum atomic E-state index is 6.04. The molecule has 16 heavy (non-hydrogen) atoms. The lowest BCUT2D eigenvalue weighted by Crippen LogP contribution is -2.09. The summed E-state index contributed by atoms with van der Waals surface area (Å²) in [5.74, 6) is 0.627. The van der Waals surface area contributed by atoms with Crippen LogP contribution >= 0.6 is 11.6 Å². The molecule has 0 radical (unpaired) electrons. The largest absolute Gasteiger partial charge is 0.381 e. The second kappa shape index (κ2) is 4.07. The number of rotatable bonds is 2. The minimum atomic E-state index is 0.582. The van der Waals surface area contributed by atoms with Crippen LogP contribution in [0.25, 0.3) is 10.9 Å². The van der Waals surface area contributed by atoms with Gasteiger partial charge in [0, 0.05) is 36.8 Å². The van der Waals surface area contributed by atoms with E-state index in [1.165, 1.54) is 0 Å². The summed E-state index contributed by atoms with van der Waals surface area (Å²) in [6.45, 7) is 2.77. The molecule has 3 heterocycles. The topological polar surface area (TPSA) is 27.1 Å². The van der Waals surface area contributed by atoms with E-state index in [2.05, 4.69) is 15.7 Å². The Morgan fingerprint density at radius 1 is 1.50 bits per heavy atom. The SMILES string of the molecule is Clc1nccc2c1ccn2CC1CCOC1. The van der Waals surface area contributed by atoms with Crippen LogP contribution in [-0.4, -0.2) is 22.8 Å². The van der Waals surface area contributed by atoms with Gasteiger partial charge in [0.05, 0.1) is 12.1 Å². The van der Waals surface area contributed by atoms with Crippen molar-refractivity contribution in [2.45, 2.75) is 13.0 Å². The average Bonchev–Trinajstić information content (AvgIpc) is 2.90. The van der Waals surface area contributed by atoms with Gasteiger partial charge in [-0.15, -0.1) is 0 Å². The molecule has 0 amide bonds. The van der Waals surface area contributed by atoms with Crippen LogP contribution in [0.15, 0.2) is 24.5 Å². The third kappa shape index (κ3) is 1.70. The molecule has 1 fully saturated rings. The summed E-state index contributed by atoms with van der Waals surface area (Å²) in [6, 6.07) is 4.04. The normalized spacial score (nSPS) is 20.7. The lowest BCUT2D eigenvalue weighted by molar-refractivity contribution is 0.183. The Kier molecular flexibility index (Phi) is 2.58. The smallest absolute Gasteiger partial charge is 0.138 e. The molecule has 0 aliphatic carbocycles. The van der Waals surface area contributed by atoms with Crippen molar-refractivity contribution in [2.75, 3.05) is 13.2 Å². The van der Waals surface area contributed by atoms with E-state index in [1.54, 1.807) is 6.20 Å². The minimum Gasteiger partial charge on any atom is -0.381 e. The molecule has 3 rings (SSSR count). The Labute approximate surface area is 99.0 Å². The zero-order valence-corrected chi connectivity index (χ0v) is 9.65. The maximum absolute atomic E-state index is 6.04. The predicted octanol–water partition coefficient (Wildman–Crippen LogP) is 2.73. The molecule has 1 atom stereocenters. The van der Waals surface area contributed by atoms with E-state index < -0.39 is 0 Å². The van der Waals surface area contributed by atoms with Gasteiger partial charge in [-0.2, -0.15) is 0 Å². The van der Waals surface area contributed by atoms with Gasteiger partial charge in [0.1, 0.15) is 5.15 Å². The maximum Gasteiger partial charge on any atom is 0.138 e. The van der Waals surface area contributed by atoms with Gasteiger partial charge in [0.15, 0.2) is 0 Å². The fourth-order valence-corrected chi connectivity index (χ4v) is 2.47. The second-order valence-corrected chi connectivity index (χ2v) is 4.59. The predicted molar refractivity (Wildman–Crippen MR) is 63.7 cm³/mol. The first-order valence-corrected chi connectivity index (χ1v) is 5.89. The monoisotopic (exact) mass is 236 g/mol. The highest BCUT2D eigenvalue weighted by Gasteiger charge is 2.17. The molecule has 1 unspecified atom stereocenters. The van der Waals surface area contributed by atoms with Gasteiger partial charge in [0.2, 0.25) is 0 Å². The number of hydrogen-bond acceptors (Lipinski definition) is 2. The Bertz CT molecular complexity index is 503. The summed E-state index contributed by atoms with van der Waals surface area (Å²) in [6.07, 6.45) is 4.99. The third-order valence-electron chi connectivity index (χ3n) is 3.13. The standard InChI is InChI=1S/C12H13ClN2O/c13-12-10-2-5-15(11(10)1-4-14-12)7-9-3-6-16-8-9/h1-2,4-5,9H,3,6-8H2. The van der Waals surface area contributed by atoms with Gasteiger partial charge in [-0.1, -0.05) is 11.6 Å². The average molecular weight is 237 g/mol. The van der Waals surface area contributed by atoms with Gasteiger partial charge in [0.25, 0.3) is 0 Å². The van der Waals surface area contributed by atoms with Crippen LogP contribution in [0, 0.1) is 5.92 Å². The van der Waals surface area contributed by atoms with E-state index in [-0.39, 0.29) is 0 Å². The number of fused-ring (bicyclic) bond motifs is 1. The van der Waals surface area contributed by atoms with Gasteiger partial charge in [-0.05, 0) is 18.6 Å². The number of hydrogen-bond donors (Lipinski definition) is 0. The molecule has 2 aromatic heterocycles. The van der Waals surface area contributed by atoms with Crippen molar-refractivity contribution in [1.29, 1.82) is 0 Å². The summed E-state index contributed by atoms with van der Waals surface area (Å²) >= 11 is 6.04. The van der Waals surface area contributed by atoms with Gasteiger partial charge in [-0.25, -0.2) is 4.98 Å². The van der Waals surface area contributed by atoms with Gasteiger partial charge >= 0.3 is 0 Å². The Balaban J connectivity index is 1.94. The molecule has 0 N–H and O–H groups in total. The number of aromatic nitrogens is 2. The van der Waals surface area contributed by atoms with E-state index in [4.69, 9.17) is 16.3 Å². The summed E-state index contributed by atoms with van der Waals surface area (Å²) in [7, 11) is 0. The van der Waals surface area contributed by atoms with Crippen LogP contribution in [0.4, 0.5) is 0 Å². The first-order chi connectivity index (χ1) is 7.84. The number of pyridine rings is 1. The summed E-state index contributed by atoms with van der Waals surface area (Å²) in [5, 5.41) is 1.61. The zero-order valence-electron chi connectivity index (χ0n) is 8.90. The molecule has 0 spiro atoms. The van der Waals surface area contributed by atoms with Crippen molar-refractivity contribution in [3.63, 3.8) is 0 Å². The summed E-state index contributed by atoms with van der Waals surface area (Å²) < 4.78 is 7.63. The first kappa shape index (κ1) is 10.1. The summed E-state index contributed by atoms with van der Waals surface area (Å²) in [4.78, 5) is 4.08.